The number of hydrogen-bond acceptors (Lipinski definition) is 6. The molecule has 0 aliphatic carbocycles. The second-order valence-corrected chi connectivity index (χ2v) is 9.42. The molecule has 6 aromatic rings. The smallest absolute Gasteiger partial charge is 0.246 e. The summed E-state index contributed by atoms with van der Waals surface area (Å²) in [5, 5.41) is 9.36. The van der Waals surface area contributed by atoms with Crippen LogP contribution in [0.15, 0.2) is 77.5 Å². The zero-order valence-corrected chi connectivity index (χ0v) is 20.0. The van der Waals surface area contributed by atoms with Crippen molar-refractivity contribution in [2.24, 2.45) is 0 Å². The lowest BCUT2D eigenvalue weighted by atomic mass is 10.1. The van der Waals surface area contributed by atoms with Crippen molar-refractivity contribution < 1.29 is 9.21 Å². The monoisotopic (exact) mass is 479 g/mol. The summed E-state index contributed by atoms with van der Waals surface area (Å²) in [6, 6.07) is 19.7. The highest BCUT2D eigenvalue weighted by Gasteiger charge is 2.17. The highest BCUT2D eigenvalue weighted by atomic mass is 32.1. The number of anilines is 1. The largest absolute Gasteiger partial charge is 0.464 e. The Morgan fingerprint density at radius 1 is 1.09 bits per heavy atom. The van der Waals surface area contributed by atoms with Crippen LogP contribution in [0, 0.1) is 13.8 Å². The quantitative estimate of drug-likeness (QED) is 0.317. The molecule has 2 aromatic carbocycles. The molecule has 0 radical (unpaired) electrons. The Labute approximate surface area is 205 Å². The van der Waals surface area contributed by atoms with Crippen molar-refractivity contribution >= 4 is 44.2 Å². The molecule has 7 nitrogen and oxygen atoms in total. The van der Waals surface area contributed by atoms with Crippen molar-refractivity contribution in [3.8, 4) is 21.9 Å². The van der Waals surface area contributed by atoms with Crippen LogP contribution < -0.4 is 5.32 Å². The predicted octanol–water partition coefficient (Wildman–Crippen LogP) is 6.22. The summed E-state index contributed by atoms with van der Waals surface area (Å²) in [5.74, 6) is 0.565. The first-order valence-electron chi connectivity index (χ1n) is 11.2. The van der Waals surface area contributed by atoms with Crippen LogP contribution in [0.25, 0.3) is 43.1 Å². The molecule has 8 heteroatoms. The number of fused-ring (bicyclic) bond motifs is 2. The fourth-order valence-corrected chi connectivity index (χ4v) is 5.29. The lowest BCUT2D eigenvalue weighted by Gasteiger charge is -2.07. The molecule has 35 heavy (non-hydrogen) atoms. The summed E-state index contributed by atoms with van der Waals surface area (Å²) >= 11 is 1.67. The van der Waals surface area contributed by atoms with Gasteiger partial charge in [-0.2, -0.15) is 5.10 Å². The first kappa shape index (κ1) is 21.2. The van der Waals surface area contributed by atoms with Crippen molar-refractivity contribution in [3.63, 3.8) is 0 Å². The minimum atomic E-state index is -0.178. The Morgan fingerprint density at radius 2 is 1.94 bits per heavy atom. The number of carbonyl (C=O) groups is 1. The topological polar surface area (TPSA) is 85.8 Å². The van der Waals surface area contributed by atoms with Crippen LogP contribution in [-0.4, -0.2) is 25.7 Å². The summed E-state index contributed by atoms with van der Waals surface area (Å²) < 4.78 is 8.37. The van der Waals surface area contributed by atoms with Crippen LogP contribution in [-0.2, 0) is 11.3 Å². The van der Waals surface area contributed by atoms with Gasteiger partial charge in [-0.25, -0.2) is 14.6 Å². The number of thiazole rings is 1. The fourth-order valence-electron chi connectivity index (χ4n) is 4.22. The summed E-state index contributed by atoms with van der Waals surface area (Å²) in [5.41, 5.74) is 6.30. The molecule has 0 fully saturated rings. The van der Waals surface area contributed by atoms with E-state index in [1.807, 2.05) is 55.5 Å². The molecule has 1 N–H and O–H groups in total. The van der Waals surface area contributed by atoms with E-state index in [2.05, 4.69) is 34.5 Å². The Kier molecular flexibility index (Phi) is 5.15. The molecule has 4 heterocycles. The Morgan fingerprint density at radius 3 is 2.74 bits per heavy atom. The van der Waals surface area contributed by atoms with Gasteiger partial charge in [-0.15, -0.1) is 11.3 Å². The molecule has 4 aromatic heterocycles. The van der Waals surface area contributed by atoms with Crippen molar-refractivity contribution in [2.45, 2.75) is 20.4 Å². The van der Waals surface area contributed by atoms with Gasteiger partial charge in [0.1, 0.15) is 17.3 Å². The summed E-state index contributed by atoms with van der Waals surface area (Å²) in [6.07, 6.45) is 3.34. The minimum Gasteiger partial charge on any atom is -0.464 e. The lowest BCUT2D eigenvalue weighted by molar-refractivity contribution is -0.116. The number of pyridine rings is 1. The number of carbonyl (C=O) groups excluding carboxylic acids is 1. The molecule has 1 amide bonds. The third kappa shape index (κ3) is 3.98. The van der Waals surface area contributed by atoms with E-state index >= 15 is 0 Å². The van der Waals surface area contributed by atoms with E-state index in [0.717, 1.165) is 38.5 Å². The van der Waals surface area contributed by atoms with Gasteiger partial charge in [0, 0.05) is 23.0 Å². The van der Waals surface area contributed by atoms with Gasteiger partial charge in [0.05, 0.1) is 27.6 Å². The Hall–Kier alpha value is -4.30. The fraction of sp³-hybridized carbons (Fsp3) is 0.111. The molecule has 0 saturated heterocycles. The van der Waals surface area contributed by atoms with E-state index < -0.39 is 0 Å². The van der Waals surface area contributed by atoms with Crippen LogP contribution in [0.2, 0.25) is 0 Å². The number of amides is 1. The van der Waals surface area contributed by atoms with E-state index in [1.54, 1.807) is 28.5 Å². The van der Waals surface area contributed by atoms with Crippen LogP contribution in [0.1, 0.15) is 11.3 Å². The van der Waals surface area contributed by atoms with Gasteiger partial charge >= 0.3 is 0 Å². The van der Waals surface area contributed by atoms with Gasteiger partial charge < -0.3 is 9.73 Å². The predicted molar refractivity (Wildman–Crippen MR) is 138 cm³/mol. The Bertz CT molecular complexity index is 1680. The standard InChI is InChI=1S/C27H21N5O2S/c1-16-5-10-21-23(14-16)35-27(30-21)18-6-8-19(9-7-18)29-24(33)15-32-26-25(17(2)31-32)20(11-12-28-26)22-4-3-13-34-22/h3-14H,15H2,1-2H3,(H,29,33). The van der Waals surface area contributed by atoms with Gasteiger partial charge in [-0.3, -0.25) is 4.79 Å². The molecule has 0 saturated carbocycles. The minimum absolute atomic E-state index is 0.0535. The number of nitrogens with zero attached hydrogens (tertiary/aromatic N) is 4. The average molecular weight is 480 g/mol. The molecule has 172 valence electrons. The molecule has 0 aliphatic rings. The first-order chi connectivity index (χ1) is 17.0. The number of nitrogens with one attached hydrogen (secondary N) is 1. The third-order valence-corrected chi connectivity index (χ3v) is 6.91. The second kappa shape index (κ2) is 8.48. The maximum Gasteiger partial charge on any atom is 0.246 e. The molecule has 6 rings (SSSR count). The van der Waals surface area contributed by atoms with Crippen molar-refractivity contribution in [2.75, 3.05) is 5.32 Å². The van der Waals surface area contributed by atoms with E-state index in [0.29, 0.717) is 11.3 Å². The van der Waals surface area contributed by atoms with Crippen LogP contribution >= 0.6 is 11.3 Å². The highest BCUT2D eigenvalue weighted by molar-refractivity contribution is 7.21. The van der Waals surface area contributed by atoms with E-state index in [9.17, 15) is 4.79 Å². The zero-order valence-electron chi connectivity index (χ0n) is 19.1. The van der Waals surface area contributed by atoms with Gasteiger partial charge in [0.15, 0.2) is 5.65 Å². The normalized spacial score (nSPS) is 11.4. The summed E-state index contributed by atoms with van der Waals surface area (Å²) in [6.45, 7) is 4.04. The number of hydrogen-bond donors (Lipinski definition) is 1. The molecule has 0 bridgehead atoms. The SMILES string of the molecule is Cc1ccc2nc(-c3ccc(NC(=O)Cn4nc(C)c5c(-c6ccco6)ccnc54)cc3)sc2c1. The van der Waals surface area contributed by atoms with E-state index in [4.69, 9.17) is 9.40 Å². The maximum absolute atomic E-state index is 12.8. The Balaban J connectivity index is 1.20. The van der Waals surface area contributed by atoms with Gasteiger partial charge in [0.25, 0.3) is 0 Å². The van der Waals surface area contributed by atoms with Crippen LogP contribution in [0.5, 0.6) is 0 Å². The number of benzene rings is 2. The molecule has 0 atom stereocenters. The second-order valence-electron chi connectivity index (χ2n) is 8.39. The molecular weight excluding hydrogens is 458 g/mol. The molecule has 0 spiro atoms. The van der Waals surface area contributed by atoms with Gasteiger partial charge in [0.2, 0.25) is 5.91 Å². The van der Waals surface area contributed by atoms with Crippen LogP contribution in [0.4, 0.5) is 5.69 Å². The van der Waals surface area contributed by atoms with Crippen molar-refractivity contribution in [1.82, 2.24) is 19.7 Å². The maximum atomic E-state index is 12.8. The van der Waals surface area contributed by atoms with E-state index in [1.165, 1.54) is 10.3 Å². The zero-order chi connectivity index (χ0) is 23.9. The van der Waals surface area contributed by atoms with Gasteiger partial charge in [-0.1, -0.05) is 6.07 Å². The van der Waals surface area contributed by atoms with E-state index in [-0.39, 0.29) is 12.5 Å². The number of aryl methyl sites for hydroxylation is 2. The summed E-state index contributed by atoms with van der Waals surface area (Å²) in [7, 11) is 0. The van der Waals surface area contributed by atoms with Crippen molar-refractivity contribution in [1.29, 1.82) is 0 Å². The number of furan rings is 1. The number of rotatable bonds is 5. The first-order valence-corrected chi connectivity index (χ1v) is 12.0. The highest BCUT2D eigenvalue weighted by Crippen LogP contribution is 2.32. The van der Waals surface area contributed by atoms with Crippen LogP contribution in [0.3, 0.4) is 0 Å². The third-order valence-electron chi connectivity index (χ3n) is 5.85. The molecule has 0 unspecified atom stereocenters. The number of aromatic nitrogens is 4. The van der Waals surface area contributed by atoms with Gasteiger partial charge in [-0.05, 0) is 74.0 Å². The summed E-state index contributed by atoms with van der Waals surface area (Å²) in [4.78, 5) is 22.0. The molecular formula is C27H21N5O2S. The average Bonchev–Trinajstić information content (AvgIpc) is 3.59. The lowest BCUT2D eigenvalue weighted by Crippen LogP contribution is -2.19. The van der Waals surface area contributed by atoms with Crippen molar-refractivity contribution in [3.05, 3.63) is 84.4 Å². The molecule has 0 aliphatic heterocycles.